The lowest BCUT2D eigenvalue weighted by atomic mass is 10.0. The molecule has 1 amide bonds. The summed E-state index contributed by atoms with van der Waals surface area (Å²) in [6, 6.07) is 10.4. The second-order valence-corrected chi connectivity index (χ2v) is 8.28. The van der Waals surface area contributed by atoms with Crippen molar-refractivity contribution in [2.75, 3.05) is 44.2 Å². The molecule has 3 heterocycles. The summed E-state index contributed by atoms with van der Waals surface area (Å²) in [6.45, 7) is 7.61. The third-order valence-corrected chi connectivity index (χ3v) is 6.26. The standard InChI is InChI=1S/C21H28ClN5O/c1-16-13-20(23-24(16)2)21(28)27-8-4-7-19(15-27)26-11-9-25(10-12-26)18-6-3-5-17(22)14-18/h3,5-6,13-14,19H,4,7-12,15H2,1-2H3/t19-/m1/s1. The monoisotopic (exact) mass is 401 g/mol. The molecule has 2 fully saturated rings. The molecule has 2 aliphatic heterocycles. The van der Waals surface area contributed by atoms with Crippen LogP contribution in [-0.2, 0) is 7.05 Å². The van der Waals surface area contributed by atoms with Crippen molar-refractivity contribution >= 4 is 23.2 Å². The highest BCUT2D eigenvalue weighted by Gasteiger charge is 2.31. The number of anilines is 1. The molecule has 7 heteroatoms. The zero-order chi connectivity index (χ0) is 19.7. The van der Waals surface area contributed by atoms with Crippen molar-refractivity contribution in [3.8, 4) is 0 Å². The van der Waals surface area contributed by atoms with Crippen molar-refractivity contribution in [2.45, 2.75) is 25.8 Å². The molecule has 0 N–H and O–H groups in total. The maximum atomic E-state index is 12.9. The molecule has 2 aliphatic rings. The minimum atomic E-state index is 0.0611. The van der Waals surface area contributed by atoms with E-state index in [-0.39, 0.29) is 5.91 Å². The molecule has 6 nitrogen and oxygen atoms in total. The summed E-state index contributed by atoms with van der Waals surface area (Å²) in [5, 5.41) is 5.15. The number of rotatable bonds is 3. The quantitative estimate of drug-likeness (QED) is 0.793. The van der Waals surface area contributed by atoms with Gasteiger partial charge in [-0.05, 0) is 44.0 Å². The van der Waals surface area contributed by atoms with Crippen LogP contribution in [0.4, 0.5) is 5.69 Å². The van der Waals surface area contributed by atoms with Gasteiger partial charge in [-0.3, -0.25) is 14.4 Å². The van der Waals surface area contributed by atoms with Crippen LogP contribution in [0.3, 0.4) is 0 Å². The number of hydrogen-bond donors (Lipinski definition) is 0. The first kappa shape index (κ1) is 19.3. The fraction of sp³-hybridized carbons (Fsp3) is 0.524. The Morgan fingerprint density at radius 1 is 1.14 bits per heavy atom. The van der Waals surface area contributed by atoms with Crippen LogP contribution in [0.15, 0.2) is 30.3 Å². The van der Waals surface area contributed by atoms with Crippen LogP contribution in [-0.4, -0.2) is 70.8 Å². The summed E-state index contributed by atoms with van der Waals surface area (Å²) in [5.41, 5.74) is 2.76. The Kier molecular flexibility index (Phi) is 5.60. The fourth-order valence-electron chi connectivity index (χ4n) is 4.28. The fourth-order valence-corrected chi connectivity index (χ4v) is 4.47. The van der Waals surface area contributed by atoms with Gasteiger partial charge in [0.2, 0.25) is 0 Å². The first-order valence-electron chi connectivity index (χ1n) is 10.1. The average Bonchev–Trinajstić information content (AvgIpc) is 3.06. The van der Waals surface area contributed by atoms with E-state index in [2.05, 4.69) is 21.0 Å². The molecule has 0 saturated carbocycles. The van der Waals surface area contributed by atoms with Crippen molar-refractivity contribution in [2.24, 2.45) is 7.05 Å². The van der Waals surface area contributed by atoms with Crippen molar-refractivity contribution in [3.63, 3.8) is 0 Å². The minimum absolute atomic E-state index is 0.0611. The van der Waals surface area contributed by atoms with Gasteiger partial charge < -0.3 is 9.80 Å². The Morgan fingerprint density at radius 2 is 1.93 bits per heavy atom. The Balaban J connectivity index is 1.36. The Hall–Kier alpha value is -2.05. The van der Waals surface area contributed by atoms with E-state index in [1.54, 1.807) is 4.68 Å². The molecule has 0 radical (unpaired) electrons. The van der Waals surface area contributed by atoms with E-state index < -0.39 is 0 Å². The molecule has 1 aromatic carbocycles. The predicted molar refractivity (Wildman–Crippen MR) is 112 cm³/mol. The van der Waals surface area contributed by atoms with Gasteiger partial charge in [0.05, 0.1) is 0 Å². The molecular weight excluding hydrogens is 374 g/mol. The average molecular weight is 402 g/mol. The number of amides is 1. The van der Waals surface area contributed by atoms with Gasteiger partial charge in [-0.1, -0.05) is 17.7 Å². The second kappa shape index (κ2) is 8.13. The topological polar surface area (TPSA) is 44.6 Å². The van der Waals surface area contributed by atoms with Crippen LogP contribution >= 0.6 is 11.6 Å². The number of hydrogen-bond acceptors (Lipinski definition) is 4. The molecule has 1 aromatic heterocycles. The van der Waals surface area contributed by atoms with E-state index in [0.717, 1.165) is 62.8 Å². The number of piperazine rings is 1. The first-order chi connectivity index (χ1) is 13.5. The molecule has 2 saturated heterocycles. The summed E-state index contributed by atoms with van der Waals surface area (Å²) in [7, 11) is 1.88. The molecule has 1 atom stereocenters. The number of benzene rings is 1. The van der Waals surface area contributed by atoms with Crippen LogP contribution in [0.25, 0.3) is 0 Å². The van der Waals surface area contributed by atoms with Crippen LogP contribution in [0.5, 0.6) is 0 Å². The summed E-state index contributed by atoms with van der Waals surface area (Å²) < 4.78 is 1.77. The molecule has 2 aromatic rings. The summed E-state index contributed by atoms with van der Waals surface area (Å²) in [4.78, 5) is 19.8. The number of piperidine rings is 1. The second-order valence-electron chi connectivity index (χ2n) is 7.84. The number of likely N-dealkylation sites (tertiary alicyclic amines) is 1. The van der Waals surface area contributed by atoms with Crippen LogP contribution in [0, 0.1) is 6.92 Å². The molecule has 0 spiro atoms. The number of aryl methyl sites for hydroxylation is 2. The molecule has 150 valence electrons. The Labute approximate surface area is 171 Å². The maximum absolute atomic E-state index is 12.9. The zero-order valence-corrected chi connectivity index (χ0v) is 17.4. The van der Waals surface area contributed by atoms with E-state index in [4.69, 9.17) is 11.6 Å². The summed E-state index contributed by atoms with van der Waals surface area (Å²) in [6.07, 6.45) is 2.21. The molecule has 0 aliphatic carbocycles. The predicted octanol–water partition coefficient (Wildman–Crippen LogP) is 2.81. The molecular formula is C21H28ClN5O. The summed E-state index contributed by atoms with van der Waals surface area (Å²) in [5.74, 6) is 0.0611. The van der Waals surface area contributed by atoms with Crippen molar-refractivity contribution in [1.82, 2.24) is 19.6 Å². The van der Waals surface area contributed by atoms with E-state index in [1.807, 2.05) is 43.1 Å². The van der Waals surface area contributed by atoms with Gasteiger partial charge in [0.1, 0.15) is 0 Å². The lowest BCUT2D eigenvalue weighted by Crippen LogP contribution is -2.55. The lowest BCUT2D eigenvalue weighted by molar-refractivity contribution is 0.0557. The number of nitrogens with zero attached hydrogens (tertiary/aromatic N) is 5. The molecule has 28 heavy (non-hydrogen) atoms. The third-order valence-electron chi connectivity index (χ3n) is 6.02. The van der Waals surface area contributed by atoms with Crippen LogP contribution < -0.4 is 4.90 Å². The van der Waals surface area contributed by atoms with E-state index in [9.17, 15) is 4.79 Å². The van der Waals surface area contributed by atoms with Gasteiger partial charge in [0.25, 0.3) is 5.91 Å². The van der Waals surface area contributed by atoms with Crippen LogP contribution in [0.2, 0.25) is 5.02 Å². The van der Waals surface area contributed by atoms with Crippen molar-refractivity contribution in [3.05, 3.63) is 46.7 Å². The van der Waals surface area contributed by atoms with Gasteiger partial charge in [0.15, 0.2) is 5.69 Å². The van der Waals surface area contributed by atoms with E-state index in [1.165, 1.54) is 5.69 Å². The highest BCUT2D eigenvalue weighted by atomic mass is 35.5. The molecule has 0 unspecified atom stereocenters. The Morgan fingerprint density at radius 3 is 2.61 bits per heavy atom. The highest BCUT2D eigenvalue weighted by Crippen LogP contribution is 2.23. The SMILES string of the molecule is Cc1cc(C(=O)N2CCC[C@@H](N3CCN(c4cccc(Cl)c4)CC3)C2)nn1C. The minimum Gasteiger partial charge on any atom is -0.369 e. The highest BCUT2D eigenvalue weighted by molar-refractivity contribution is 6.30. The van der Waals surface area contributed by atoms with Gasteiger partial charge in [-0.2, -0.15) is 5.10 Å². The first-order valence-corrected chi connectivity index (χ1v) is 10.4. The van der Waals surface area contributed by atoms with Crippen molar-refractivity contribution < 1.29 is 4.79 Å². The lowest BCUT2D eigenvalue weighted by Gasteiger charge is -2.43. The number of carbonyl (C=O) groups is 1. The van der Waals surface area contributed by atoms with Gasteiger partial charge in [0, 0.05) is 68.8 Å². The number of halogens is 1. The molecule has 0 bridgehead atoms. The van der Waals surface area contributed by atoms with E-state index in [0.29, 0.717) is 11.7 Å². The third kappa shape index (κ3) is 4.03. The van der Waals surface area contributed by atoms with Crippen molar-refractivity contribution in [1.29, 1.82) is 0 Å². The number of carbonyl (C=O) groups excluding carboxylic acids is 1. The molecule has 4 rings (SSSR count). The van der Waals surface area contributed by atoms with Gasteiger partial charge >= 0.3 is 0 Å². The number of aromatic nitrogens is 2. The largest absolute Gasteiger partial charge is 0.369 e. The smallest absolute Gasteiger partial charge is 0.274 e. The maximum Gasteiger partial charge on any atom is 0.274 e. The van der Waals surface area contributed by atoms with Crippen LogP contribution in [0.1, 0.15) is 29.0 Å². The summed E-state index contributed by atoms with van der Waals surface area (Å²) >= 11 is 6.14. The zero-order valence-electron chi connectivity index (χ0n) is 16.6. The Bertz CT molecular complexity index is 824. The normalized spacial score (nSPS) is 21.2. The van der Waals surface area contributed by atoms with Gasteiger partial charge in [-0.15, -0.1) is 0 Å². The van der Waals surface area contributed by atoms with E-state index >= 15 is 0 Å². The van der Waals surface area contributed by atoms with Gasteiger partial charge in [-0.25, -0.2) is 0 Å².